The molecule has 0 radical (unpaired) electrons. The highest BCUT2D eigenvalue weighted by Gasteiger charge is 2.24. The molecule has 0 unspecified atom stereocenters. The van der Waals surface area contributed by atoms with Gasteiger partial charge in [-0.1, -0.05) is 84.9 Å². The van der Waals surface area contributed by atoms with E-state index in [2.05, 4.69) is 132 Å². The van der Waals surface area contributed by atoms with E-state index >= 15 is 0 Å². The molecule has 3 nitrogen and oxygen atoms in total. The third-order valence-electron chi connectivity index (χ3n) is 8.76. The van der Waals surface area contributed by atoms with E-state index in [-0.39, 0.29) is 0 Å². The lowest BCUT2D eigenvalue weighted by molar-refractivity contribution is 0.546. The predicted molar refractivity (Wildman–Crippen MR) is 176 cm³/mol. The van der Waals surface area contributed by atoms with Crippen molar-refractivity contribution in [2.24, 2.45) is 0 Å². The maximum absolute atomic E-state index is 6.42. The van der Waals surface area contributed by atoms with Crippen LogP contribution in [0.1, 0.15) is 11.3 Å². The summed E-state index contributed by atoms with van der Waals surface area (Å²) in [7, 11) is 0. The molecule has 0 amide bonds. The van der Waals surface area contributed by atoms with E-state index in [1.807, 2.05) is 12.1 Å². The first kappa shape index (κ1) is 24.1. The van der Waals surface area contributed by atoms with E-state index < -0.39 is 0 Å². The van der Waals surface area contributed by atoms with Crippen molar-refractivity contribution in [1.82, 2.24) is 0 Å². The molecule has 0 atom stereocenters. The maximum atomic E-state index is 6.42. The number of benzene rings is 6. The maximum Gasteiger partial charge on any atom is 0.137 e. The first-order valence-corrected chi connectivity index (χ1v) is 14.8. The van der Waals surface area contributed by atoms with E-state index in [1.54, 1.807) is 0 Å². The van der Waals surface area contributed by atoms with Gasteiger partial charge in [0.25, 0.3) is 0 Å². The van der Waals surface area contributed by atoms with Gasteiger partial charge in [-0.25, -0.2) is 0 Å². The SMILES string of the molecule is c1ccc(-c2ccc(N(c3ccc4c(c3)oc3ccccc34)c3ccc4oc5c(c4c3)-c3ccccc3CC5)cc2)cc1. The summed E-state index contributed by atoms with van der Waals surface area (Å²) in [6.07, 6.45) is 1.93. The Balaban J connectivity index is 1.23. The van der Waals surface area contributed by atoms with Crippen LogP contribution in [0.15, 0.2) is 148 Å². The van der Waals surface area contributed by atoms with Crippen LogP contribution in [0, 0.1) is 0 Å². The zero-order chi connectivity index (χ0) is 28.3. The van der Waals surface area contributed by atoms with Gasteiger partial charge in [0, 0.05) is 51.3 Å². The van der Waals surface area contributed by atoms with Gasteiger partial charge >= 0.3 is 0 Å². The number of para-hydroxylation sites is 1. The smallest absolute Gasteiger partial charge is 0.137 e. The molecule has 204 valence electrons. The highest BCUT2D eigenvalue weighted by Crippen LogP contribution is 2.45. The second-order valence-corrected chi connectivity index (χ2v) is 11.3. The Morgan fingerprint density at radius 3 is 2.02 bits per heavy atom. The summed E-state index contributed by atoms with van der Waals surface area (Å²) < 4.78 is 12.7. The average molecular weight is 554 g/mol. The predicted octanol–water partition coefficient (Wildman–Crippen LogP) is 11.2. The largest absolute Gasteiger partial charge is 0.460 e. The average Bonchev–Trinajstić information content (AvgIpc) is 3.63. The van der Waals surface area contributed by atoms with Gasteiger partial charge in [-0.3, -0.25) is 0 Å². The molecule has 2 aromatic heterocycles. The van der Waals surface area contributed by atoms with Crippen molar-refractivity contribution >= 4 is 50.0 Å². The topological polar surface area (TPSA) is 29.5 Å². The fourth-order valence-corrected chi connectivity index (χ4v) is 6.71. The van der Waals surface area contributed by atoms with Gasteiger partial charge in [0.2, 0.25) is 0 Å². The highest BCUT2D eigenvalue weighted by atomic mass is 16.3. The number of aryl methyl sites for hydroxylation is 2. The van der Waals surface area contributed by atoms with E-state index in [0.717, 1.165) is 68.6 Å². The van der Waals surface area contributed by atoms with Gasteiger partial charge in [-0.05, 0) is 77.2 Å². The number of furan rings is 2. The van der Waals surface area contributed by atoms with E-state index in [1.165, 1.54) is 27.8 Å². The molecule has 0 saturated heterocycles. The second-order valence-electron chi connectivity index (χ2n) is 11.3. The molecule has 1 aliphatic carbocycles. The fourth-order valence-electron chi connectivity index (χ4n) is 6.71. The minimum atomic E-state index is 0.875. The van der Waals surface area contributed by atoms with E-state index in [9.17, 15) is 0 Å². The molecule has 8 aromatic rings. The zero-order valence-corrected chi connectivity index (χ0v) is 23.5. The third-order valence-corrected chi connectivity index (χ3v) is 8.76. The van der Waals surface area contributed by atoms with Crippen LogP contribution in [0.3, 0.4) is 0 Å². The van der Waals surface area contributed by atoms with Crippen LogP contribution in [0.5, 0.6) is 0 Å². The molecule has 0 N–H and O–H groups in total. The summed E-state index contributed by atoms with van der Waals surface area (Å²) >= 11 is 0. The van der Waals surface area contributed by atoms with Gasteiger partial charge in [0.05, 0.1) is 0 Å². The van der Waals surface area contributed by atoms with Gasteiger partial charge in [0.15, 0.2) is 0 Å². The van der Waals surface area contributed by atoms with Crippen LogP contribution >= 0.6 is 0 Å². The lowest BCUT2D eigenvalue weighted by atomic mass is 9.88. The number of fused-ring (bicyclic) bond motifs is 8. The van der Waals surface area contributed by atoms with Crippen LogP contribution in [-0.4, -0.2) is 0 Å². The molecule has 2 heterocycles. The van der Waals surface area contributed by atoms with Gasteiger partial charge in [-0.2, -0.15) is 0 Å². The summed E-state index contributed by atoms with van der Waals surface area (Å²) in [5, 5.41) is 3.40. The van der Waals surface area contributed by atoms with Gasteiger partial charge in [-0.15, -0.1) is 0 Å². The molecule has 0 spiro atoms. The number of nitrogens with zero attached hydrogens (tertiary/aromatic N) is 1. The van der Waals surface area contributed by atoms with Crippen molar-refractivity contribution in [2.75, 3.05) is 4.90 Å². The number of anilines is 3. The molecule has 9 rings (SSSR count). The summed E-state index contributed by atoms with van der Waals surface area (Å²) in [6.45, 7) is 0. The summed E-state index contributed by atoms with van der Waals surface area (Å²) in [6, 6.07) is 49.4. The molecule has 3 heteroatoms. The Kier molecular flexibility index (Phi) is 5.32. The minimum absolute atomic E-state index is 0.875. The van der Waals surface area contributed by atoms with E-state index in [0.29, 0.717) is 0 Å². The summed E-state index contributed by atoms with van der Waals surface area (Å²) in [5.74, 6) is 1.08. The third kappa shape index (κ3) is 3.89. The van der Waals surface area contributed by atoms with Crippen LogP contribution < -0.4 is 4.90 Å². The Morgan fingerprint density at radius 1 is 0.442 bits per heavy atom. The van der Waals surface area contributed by atoms with Crippen molar-refractivity contribution in [1.29, 1.82) is 0 Å². The minimum Gasteiger partial charge on any atom is -0.460 e. The molecule has 0 saturated carbocycles. The number of hydrogen-bond acceptors (Lipinski definition) is 3. The van der Waals surface area contributed by atoms with Gasteiger partial charge in [0.1, 0.15) is 22.5 Å². The quantitative estimate of drug-likeness (QED) is 0.217. The number of hydrogen-bond donors (Lipinski definition) is 0. The molecule has 1 aliphatic rings. The Morgan fingerprint density at radius 2 is 1.12 bits per heavy atom. The van der Waals surface area contributed by atoms with E-state index in [4.69, 9.17) is 8.83 Å². The molecule has 43 heavy (non-hydrogen) atoms. The van der Waals surface area contributed by atoms with Gasteiger partial charge < -0.3 is 13.7 Å². The molecular weight excluding hydrogens is 526 g/mol. The number of rotatable bonds is 4. The summed E-state index contributed by atoms with van der Waals surface area (Å²) in [4.78, 5) is 2.31. The standard InChI is InChI=1S/C40H27NO2/c1-2-8-26(9-3-1)27-14-17-29(18-15-27)41(31-19-21-34-33-12-6-7-13-36(33)43-39(34)25-31)30-20-23-37-35(24-30)40-32-11-5-4-10-28(32)16-22-38(40)42-37/h1-15,17-21,23-25H,16,22H2. The molecule has 0 bridgehead atoms. The van der Waals surface area contributed by atoms with Crippen molar-refractivity contribution in [3.05, 3.63) is 151 Å². The normalized spacial score (nSPS) is 12.5. The molecule has 6 aromatic carbocycles. The van der Waals surface area contributed by atoms with Crippen LogP contribution in [0.25, 0.3) is 55.2 Å². The Hall–Kier alpha value is -5.54. The monoisotopic (exact) mass is 553 g/mol. The fraction of sp³-hybridized carbons (Fsp3) is 0.0500. The highest BCUT2D eigenvalue weighted by molar-refractivity contribution is 6.06. The second kappa shape index (κ2) is 9.50. The first-order chi connectivity index (χ1) is 21.3. The lowest BCUT2D eigenvalue weighted by Gasteiger charge is -2.26. The van der Waals surface area contributed by atoms with Crippen molar-refractivity contribution in [3.63, 3.8) is 0 Å². The Bertz CT molecular complexity index is 2290. The first-order valence-electron chi connectivity index (χ1n) is 14.8. The molecule has 0 aliphatic heterocycles. The zero-order valence-electron chi connectivity index (χ0n) is 23.5. The molecular formula is C40H27NO2. The molecule has 0 fully saturated rings. The van der Waals surface area contributed by atoms with Crippen LogP contribution in [0.4, 0.5) is 17.1 Å². The van der Waals surface area contributed by atoms with Crippen molar-refractivity contribution in [3.8, 4) is 22.3 Å². The summed E-state index contributed by atoms with van der Waals surface area (Å²) in [5.41, 5.74) is 12.2. The van der Waals surface area contributed by atoms with Crippen molar-refractivity contribution < 1.29 is 8.83 Å². The van der Waals surface area contributed by atoms with Crippen molar-refractivity contribution in [2.45, 2.75) is 12.8 Å². The van der Waals surface area contributed by atoms with Crippen LogP contribution in [0.2, 0.25) is 0 Å². The van der Waals surface area contributed by atoms with Crippen LogP contribution in [-0.2, 0) is 12.8 Å². The Labute approximate surface area is 249 Å². The lowest BCUT2D eigenvalue weighted by Crippen LogP contribution is -2.09.